The molecule has 0 radical (unpaired) electrons. The molecular weight excluding hydrogens is 499 g/mol. The number of methoxy groups -OCH3 is 1. The predicted molar refractivity (Wildman–Crippen MR) is 133 cm³/mol. The summed E-state index contributed by atoms with van der Waals surface area (Å²) in [7, 11) is 1.71. The van der Waals surface area contributed by atoms with Gasteiger partial charge in [0.25, 0.3) is 0 Å². The van der Waals surface area contributed by atoms with Crippen LogP contribution in [0.5, 0.6) is 5.75 Å². The molecule has 158 valence electrons. The van der Waals surface area contributed by atoms with Crippen molar-refractivity contribution in [1.82, 2.24) is 15.6 Å². The quantitative estimate of drug-likeness (QED) is 0.160. The van der Waals surface area contributed by atoms with Crippen LogP contribution < -0.4 is 15.4 Å². The van der Waals surface area contributed by atoms with Crippen molar-refractivity contribution in [3.05, 3.63) is 54.1 Å². The summed E-state index contributed by atoms with van der Waals surface area (Å²) in [5.74, 6) is 3.72. The Labute approximate surface area is 193 Å². The highest BCUT2D eigenvalue weighted by atomic mass is 127. The average molecular weight is 528 g/mol. The molecule has 0 spiro atoms. The van der Waals surface area contributed by atoms with Gasteiger partial charge < -0.3 is 24.8 Å². The fourth-order valence-corrected chi connectivity index (χ4v) is 3.36. The minimum atomic E-state index is 0. The molecule has 0 amide bonds. The van der Waals surface area contributed by atoms with Crippen LogP contribution in [0.15, 0.2) is 52.2 Å². The molecule has 1 aromatic carbocycles. The van der Waals surface area contributed by atoms with Crippen molar-refractivity contribution in [2.45, 2.75) is 12.8 Å². The van der Waals surface area contributed by atoms with Gasteiger partial charge in [-0.15, -0.1) is 24.0 Å². The second-order valence-corrected chi connectivity index (χ2v) is 7.34. The summed E-state index contributed by atoms with van der Waals surface area (Å²) in [6.07, 6.45) is 7.56. The number of ether oxygens (including phenoxy) is 1. The summed E-state index contributed by atoms with van der Waals surface area (Å²) < 4.78 is 10.9. The molecule has 0 bridgehead atoms. The number of benzene rings is 1. The lowest BCUT2D eigenvalue weighted by Gasteiger charge is -2.12. The van der Waals surface area contributed by atoms with E-state index in [0.717, 1.165) is 66.6 Å². The Morgan fingerprint density at radius 3 is 2.72 bits per heavy atom. The number of nitrogens with one attached hydrogen (secondary N) is 3. The van der Waals surface area contributed by atoms with Crippen molar-refractivity contribution >= 4 is 52.6 Å². The Morgan fingerprint density at radius 2 is 2.00 bits per heavy atom. The predicted octanol–water partition coefficient (Wildman–Crippen LogP) is 4.07. The molecule has 2 heterocycles. The number of thioether (sulfide) groups is 1. The van der Waals surface area contributed by atoms with E-state index >= 15 is 0 Å². The van der Waals surface area contributed by atoms with Crippen molar-refractivity contribution in [3.8, 4) is 5.75 Å². The van der Waals surface area contributed by atoms with Gasteiger partial charge in [-0.25, -0.2) is 0 Å². The molecule has 0 fully saturated rings. The van der Waals surface area contributed by atoms with Crippen LogP contribution in [-0.2, 0) is 12.8 Å². The fraction of sp³-hybridized carbons (Fsp3) is 0.381. The highest BCUT2D eigenvalue weighted by molar-refractivity contribution is 14.0. The molecule has 0 saturated carbocycles. The lowest BCUT2D eigenvalue weighted by Crippen LogP contribution is -2.39. The monoisotopic (exact) mass is 528 g/mol. The van der Waals surface area contributed by atoms with Gasteiger partial charge in [-0.2, -0.15) is 11.8 Å². The summed E-state index contributed by atoms with van der Waals surface area (Å²) in [5.41, 5.74) is 2.33. The standard InChI is InChI=1S/C21H28N4O2S.HI/c1-26-19-7-3-6-18-20(19)16(15-25-18)8-10-22-21(24-12-14-28-2)23-11-9-17-5-4-13-27-17;/h3-7,13,15,25H,8-12,14H2,1-2H3,(H2,22,23,24);1H. The number of furan rings is 1. The molecule has 3 rings (SSSR count). The van der Waals surface area contributed by atoms with Crippen LogP contribution in [0.4, 0.5) is 0 Å². The van der Waals surface area contributed by atoms with Crippen LogP contribution in [0, 0.1) is 0 Å². The minimum Gasteiger partial charge on any atom is -0.496 e. The second-order valence-electron chi connectivity index (χ2n) is 6.35. The molecular formula is C21H29IN4O2S. The number of aromatic amines is 1. The number of guanidine groups is 1. The molecule has 29 heavy (non-hydrogen) atoms. The van der Waals surface area contributed by atoms with Crippen molar-refractivity contribution < 1.29 is 9.15 Å². The highest BCUT2D eigenvalue weighted by Crippen LogP contribution is 2.28. The third-order valence-electron chi connectivity index (χ3n) is 4.47. The summed E-state index contributed by atoms with van der Waals surface area (Å²) in [6.45, 7) is 2.36. The first-order chi connectivity index (χ1) is 13.8. The molecule has 3 N–H and O–H groups in total. The van der Waals surface area contributed by atoms with Gasteiger partial charge >= 0.3 is 0 Å². The maximum atomic E-state index is 5.52. The summed E-state index contributed by atoms with van der Waals surface area (Å²) in [6, 6.07) is 9.97. The summed E-state index contributed by atoms with van der Waals surface area (Å²) >= 11 is 1.80. The zero-order valence-electron chi connectivity index (χ0n) is 16.9. The number of H-pyrrole nitrogens is 1. The Bertz CT molecular complexity index is 880. The molecule has 8 heteroatoms. The number of fused-ring (bicyclic) bond motifs is 1. The fourth-order valence-electron chi connectivity index (χ4n) is 3.08. The Hall–Kier alpha value is -1.81. The minimum absolute atomic E-state index is 0. The third kappa shape index (κ3) is 6.88. The van der Waals surface area contributed by atoms with Crippen molar-refractivity contribution in [1.29, 1.82) is 0 Å². The second kappa shape index (κ2) is 12.7. The van der Waals surface area contributed by atoms with Crippen LogP contribution in [0.3, 0.4) is 0 Å². The zero-order valence-corrected chi connectivity index (χ0v) is 20.0. The molecule has 0 unspecified atom stereocenters. The third-order valence-corrected chi connectivity index (χ3v) is 5.06. The largest absolute Gasteiger partial charge is 0.496 e. The van der Waals surface area contributed by atoms with Crippen LogP contribution in [-0.4, -0.2) is 49.7 Å². The lowest BCUT2D eigenvalue weighted by atomic mass is 10.1. The first kappa shape index (κ1) is 23.5. The zero-order chi connectivity index (χ0) is 19.6. The molecule has 0 saturated heterocycles. The van der Waals surface area contributed by atoms with Gasteiger partial charge in [0.2, 0.25) is 0 Å². The number of halogens is 1. The van der Waals surface area contributed by atoms with Crippen molar-refractivity contribution in [3.63, 3.8) is 0 Å². The van der Waals surface area contributed by atoms with Gasteiger partial charge in [0.15, 0.2) is 5.96 Å². The molecule has 6 nitrogen and oxygen atoms in total. The number of aliphatic imine (C=N–C) groups is 1. The van der Waals surface area contributed by atoms with Gasteiger partial charge in [-0.1, -0.05) is 6.07 Å². The van der Waals surface area contributed by atoms with E-state index < -0.39 is 0 Å². The lowest BCUT2D eigenvalue weighted by molar-refractivity contribution is 0.419. The SMILES string of the molecule is COc1cccc2[nH]cc(CCNC(=NCCSC)NCCc3ccco3)c12.I. The normalized spacial score (nSPS) is 11.3. The Morgan fingerprint density at radius 1 is 1.17 bits per heavy atom. The van der Waals surface area contributed by atoms with Gasteiger partial charge in [-0.3, -0.25) is 4.99 Å². The highest BCUT2D eigenvalue weighted by Gasteiger charge is 2.09. The van der Waals surface area contributed by atoms with E-state index in [-0.39, 0.29) is 24.0 Å². The van der Waals surface area contributed by atoms with Crippen LogP contribution >= 0.6 is 35.7 Å². The average Bonchev–Trinajstić information content (AvgIpc) is 3.38. The van der Waals surface area contributed by atoms with Gasteiger partial charge in [0, 0.05) is 42.4 Å². The van der Waals surface area contributed by atoms with Crippen LogP contribution in [0.25, 0.3) is 10.9 Å². The topological polar surface area (TPSA) is 74.6 Å². The smallest absolute Gasteiger partial charge is 0.191 e. The van der Waals surface area contributed by atoms with E-state index in [0.29, 0.717) is 0 Å². The first-order valence-electron chi connectivity index (χ1n) is 9.48. The van der Waals surface area contributed by atoms with E-state index in [4.69, 9.17) is 9.15 Å². The molecule has 0 atom stereocenters. The summed E-state index contributed by atoms with van der Waals surface area (Å²) in [5, 5.41) is 7.99. The van der Waals surface area contributed by atoms with Gasteiger partial charge in [0.05, 0.1) is 19.9 Å². The number of nitrogens with zero attached hydrogens (tertiary/aromatic N) is 1. The van der Waals surface area contributed by atoms with Crippen molar-refractivity contribution in [2.75, 3.05) is 38.8 Å². The molecule has 0 aliphatic carbocycles. The molecule has 0 aliphatic heterocycles. The number of aromatic nitrogens is 1. The summed E-state index contributed by atoms with van der Waals surface area (Å²) in [4.78, 5) is 7.98. The van der Waals surface area contributed by atoms with E-state index in [2.05, 4.69) is 39.1 Å². The molecule has 2 aromatic heterocycles. The first-order valence-corrected chi connectivity index (χ1v) is 10.9. The molecule has 3 aromatic rings. The maximum Gasteiger partial charge on any atom is 0.191 e. The van der Waals surface area contributed by atoms with Crippen LogP contribution in [0.1, 0.15) is 11.3 Å². The van der Waals surface area contributed by atoms with E-state index in [9.17, 15) is 0 Å². The number of hydrogen-bond acceptors (Lipinski definition) is 4. The Balaban J connectivity index is 0.00000300. The number of rotatable bonds is 10. The van der Waals surface area contributed by atoms with Crippen molar-refractivity contribution in [2.24, 2.45) is 4.99 Å². The Kier molecular flexibility index (Phi) is 10.3. The van der Waals surface area contributed by atoms with Gasteiger partial charge in [0.1, 0.15) is 11.5 Å². The maximum absolute atomic E-state index is 5.52. The van der Waals surface area contributed by atoms with E-state index in [1.165, 1.54) is 5.56 Å². The number of hydrogen-bond donors (Lipinski definition) is 3. The van der Waals surface area contributed by atoms with E-state index in [1.54, 1.807) is 25.1 Å². The van der Waals surface area contributed by atoms with Crippen LogP contribution in [0.2, 0.25) is 0 Å². The molecule has 0 aliphatic rings. The van der Waals surface area contributed by atoms with E-state index in [1.807, 2.05) is 24.3 Å². The van der Waals surface area contributed by atoms with Gasteiger partial charge in [-0.05, 0) is 42.5 Å².